The molecule has 2 N–H and O–H groups in total. The van der Waals surface area contributed by atoms with Crippen LogP contribution in [0.1, 0.15) is 0 Å². The smallest absolute Gasteiger partial charge is 0.323 e. The third-order valence-corrected chi connectivity index (χ3v) is 4.27. The minimum absolute atomic E-state index is 0.366. The molecule has 0 aliphatic heterocycles. The van der Waals surface area contributed by atoms with Gasteiger partial charge in [-0.2, -0.15) is 5.10 Å². The van der Waals surface area contributed by atoms with Crippen LogP contribution in [0.4, 0.5) is 20.6 Å². The van der Waals surface area contributed by atoms with E-state index in [9.17, 15) is 9.18 Å². The van der Waals surface area contributed by atoms with E-state index >= 15 is 0 Å². The number of aromatic nitrogens is 2. The molecule has 1 heterocycles. The second-order valence-electron chi connectivity index (χ2n) is 5.47. The zero-order valence-corrected chi connectivity index (χ0v) is 15.7. The molecule has 0 fully saturated rings. The maximum atomic E-state index is 13.2. The highest BCUT2D eigenvalue weighted by atomic mass is 79.9. The molecule has 134 valence electrons. The van der Waals surface area contributed by atoms with Crippen LogP contribution >= 0.6 is 15.9 Å². The molecule has 0 aliphatic carbocycles. The normalized spacial score (nSPS) is 10.5. The number of urea groups is 1. The first-order valence-electron chi connectivity index (χ1n) is 7.67. The third-order valence-electron chi connectivity index (χ3n) is 3.69. The standard InChI is InChI=1S/C18H16BrFN4O2/c1-24-17(15(19)10-21-24)14-9-13(6-7-16(14)26-2)23-18(25)22-12-5-3-4-11(20)8-12/h3-10H,1-2H3,(H2,22,23,25). The van der Waals surface area contributed by atoms with Gasteiger partial charge in [-0.3, -0.25) is 4.68 Å². The van der Waals surface area contributed by atoms with E-state index in [0.29, 0.717) is 17.1 Å². The fourth-order valence-corrected chi connectivity index (χ4v) is 3.11. The number of ether oxygens (including phenoxy) is 1. The number of carbonyl (C=O) groups excluding carboxylic acids is 1. The summed E-state index contributed by atoms with van der Waals surface area (Å²) in [6.45, 7) is 0. The SMILES string of the molecule is COc1ccc(NC(=O)Nc2cccc(F)c2)cc1-c1c(Br)cnn1C. The van der Waals surface area contributed by atoms with E-state index in [1.54, 1.807) is 42.3 Å². The second kappa shape index (κ2) is 7.57. The van der Waals surface area contributed by atoms with E-state index in [-0.39, 0.29) is 0 Å². The lowest BCUT2D eigenvalue weighted by Gasteiger charge is -2.13. The first kappa shape index (κ1) is 17.9. The molecule has 1 aromatic heterocycles. The van der Waals surface area contributed by atoms with Gasteiger partial charge in [0.2, 0.25) is 0 Å². The Morgan fingerprint density at radius 3 is 2.54 bits per heavy atom. The van der Waals surface area contributed by atoms with E-state index in [2.05, 4.69) is 31.7 Å². The van der Waals surface area contributed by atoms with Gasteiger partial charge in [-0.15, -0.1) is 0 Å². The Morgan fingerprint density at radius 1 is 1.19 bits per heavy atom. The first-order chi connectivity index (χ1) is 12.5. The monoisotopic (exact) mass is 418 g/mol. The largest absolute Gasteiger partial charge is 0.496 e. The fraction of sp³-hybridized carbons (Fsp3) is 0.111. The number of hydrogen-bond donors (Lipinski definition) is 2. The number of nitrogens with zero attached hydrogens (tertiary/aromatic N) is 2. The van der Waals surface area contributed by atoms with Gasteiger partial charge < -0.3 is 15.4 Å². The van der Waals surface area contributed by atoms with Gasteiger partial charge in [0.25, 0.3) is 0 Å². The lowest BCUT2D eigenvalue weighted by molar-refractivity contribution is 0.262. The number of benzene rings is 2. The zero-order chi connectivity index (χ0) is 18.7. The fourth-order valence-electron chi connectivity index (χ4n) is 2.54. The van der Waals surface area contributed by atoms with Crippen molar-refractivity contribution in [3.05, 3.63) is 59.0 Å². The molecule has 3 rings (SSSR count). The molecule has 0 saturated carbocycles. The van der Waals surface area contributed by atoms with Crippen LogP contribution < -0.4 is 15.4 Å². The summed E-state index contributed by atoms with van der Waals surface area (Å²) in [5.74, 6) is 0.223. The first-order valence-corrected chi connectivity index (χ1v) is 8.46. The Bertz CT molecular complexity index is 939. The van der Waals surface area contributed by atoms with Gasteiger partial charge in [0.1, 0.15) is 11.6 Å². The number of rotatable bonds is 4. The van der Waals surface area contributed by atoms with Gasteiger partial charge in [0.15, 0.2) is 0 Å². The molecule has 8 heteroatoms. The van der Waals surface area contributed by atoms with Crippen LogP contribution in [-0.4, -0.2) is 22.9 Å². The third kappa shape index (κ3) is 3.85. The summed E-state index contributed by atoms with van der Waals surface area (Å²) in [4.78, 5) is 12.2. The van der Waals surface area contributed by atoms with Crippen molar-refractivity contribution in [2.24, 2.45) is 7.05 Å². The van der Waals surface area contributed by atoms with E-state index < -0.39 is 11.8 Å². The number of anilines is 2. The van der Waals surface area contributed by atoms with Gasteiger partial charge in [-0.05, 0) is 52.3 Å². The highest BCUT2D eigenvalue weighted by Gasteiger charge is 2.15. The number of halogens is 2. The maximum absolute atomic E-state index is 13.2. The Kier molecular flexibility index (Phi) is 5.22. The van der Waals surface area contributed by atoms with Gasteiger partial charge in [-0.1, -0.05) is 6.07 Å². The summed E-state index contributed by atoms with van der Waals surface area (Å²) >= 11 is 3.47. The number of nitrogens with one attached hydrogen (secondary N) is 2. The van der Waals surface area contributed by atoms with Crippen LogP contribution in [0.5, 0.6) is 5.75 Å². The number of hydrogen-bond acceptors (Lipinski definition) is 3. The minimum atomic E-state index is -0.476. The van der Waals surface area contributed by atoms with Gasteiger partial charge in [-0.25, -0.2) is 9.18 Å². The van der Waals surface area contributed by atoms with Gasteiger partial charge in [0.05, 0.1) is 23.5 Å². The molecule has 0 atom stereocenters. The molecule has 2 aromatic carbocycles. The van der Waals surface area contributed by atoms with Crippen LogP contribution in [0.15, 0.2) is 53.1 Å². The van der Waals surface area contributed by atoms with E-state index in [1.165, 1.54) is 18.2 Å². The van der Waals surface area contributed by atoms with E-state index in [0.717, 1.165) is 15.7 Å². The van der Waals surface area contributed by atoms with Crippen molar-refractivity contribution in [3.63, 3.8) is 0 Å². The van der Waals surface area contributed by atoms with E-state index in [1.807, 2.05) is 7.05 Å². The molecule has 0 spiro atoms. The molecule has 0 bridgehead atoms. The average Bonchev–Trinajstić information content (AvgIpc) is 2.93. The molecule has 26 heavy (non-hydrogen) atoms. The number of amides is 2. The topological polar surface area (TPSA) is 68.2 Å². The molecular formula is C18H16BrFN4O2. The lowest BCUT2D eigenvalue weighted by atomic mass is 10.1. The molecule has 0 radical (unpaired) electrons. The summed E-state index contributed by atoms with van der Waals surface area (Å²) in [5.41, 5.74) is 2.51. The summed E-state index contributed by atoms with van der Waals surface area (Å²) < 4.78 is 21.1. The van der Waals surface area contributed by atoms with Gasteiger partial charge >= 0.3 is 6.03 Å². The molecule has 2 amide bonds. The predicted octanol–water partition coefficient (Wildman–Crippen LogP) is 4.64. The molecule has 6 nitrogen and oxygen atoms in total. The Labute approximate surface area is 158 Å². The maximum Gasteiger partial charge on any atom is 0.323 e. The summed E-state index contributed by atoms with van der Waals surface area (Å²) in [6.07, 6.45) is 1.69. The molecule has 3 aromatic rings. The highest BCUT2D eigenvalue weighted by molar-refractivity contribution is 9.10. The predicted molar refractivity (Wildman–Crippen MR) is 102 cm³/mol. The van der Waals surface area contributed by atoms with Crippen LogP contribution in [-0.2, 0) is 7.05 Å². The Balaban J connectivity index is 1.85. The minimum Gasteiger partial charge on any atom is -0.496 e. The number of carbonyl (C=O) groups is 1. The Morgan fingerprint density at radius 2 is 1.92 bits per heavy atom. The van der Waals surface area contributed by atoms with Crippen molar-refractivity contribution in [3.8, 4) is 17.0 Å². The number of aryl methyl sites for hydroxylation is 1. The van der Waals surface area contributed by atoms with Crippen molar-refractivity contribution in [2.75, 3.05) is 17.7 Å². The summed E-state index contributed by atoms with van der Waals surface area (Å²) in [5, 5.41) is 9.52. The molecule has 0 aliphatic rings. The zero-order valence-electron chi connectivity index (χ0n) is 14.1. The van der Waals surface area contributed by atoms with Crippen LogP contribution in [0.2, 0.25) is 0 Å². The van der Waals surface area contributed by atoms with Gasteiger partial charge in [0, 0.05) is 24.0 Å². The molecular weight excluding hydrogens is 403 g/mol. The summed E-state index contributed by atoms with van der Waals surface area (Å²) in [6, 6.07) is 10.5. The molecule has 0 unspecified atom stereocenters. The molecule has 0 saturated heterocycles. The number of methoxy groups -OCH3 is 1. The van der Waals surface area contributed by atoms with Crippen molar-refractivity contribution in [2.45, 2.75) is 0 Å². The van der Waals surface area contributed by atoms with Crippen LogP contribution in [0.25, 0.3) is 11.3 Å². The lowest BCUT2D eigenvalue weighted by Crippen LogP contribution is -2.19. The quantitative estimate of drug-likeness (QED) is 0.648. The highest BCUT2D eigenvalue weighted by Crippen LogP contribution is 2.36. The van der Waals surface area contributed by atoms with Crippen molar-refractivity contribution in [1.82, 2.24) is 9.78 Å². The van der Waals surface area contributed by atoms with Crippen LogP contribution in [0.3, 0.4) is 0 Å². The van der Waals surface area contributed by atoms with Crippen LogP contribution in [0, 0.1) is 5.82 Å². The summed E-state index contributed by atoms with van der Waals surface area (Å²) in [7, 11) is 3.39. The average molecular weight is 419 g/mol. The Hall–Kier alpha value is -2.87. The van der Waals surface area contributed by atoms with Crippen molar-refractivity contribution in [1.29, 1.82) is 0 Å². The van der Waals surface area contributed by atoms with E-state index in [4.69, 9.17) is 4.74 Å². The van der Waals surface area contributed by atoms with Crippen molar-refractivity contribution < 1.29 is 13.9 Å². The van der Waals surface area contributed by atoms with Crippen molar-refractivity contribution >= 4 is 33.3 Å². The second-order valence-corrected chi connectivity index (χ2v) is 6.32.